The molecule has 1 unspecified atom stereocenters. The first-order valence-electron chi connectivity index (χ1n) is 9.03. The van der Waals surface area contributed by atoms with E-state index in [1.807, 2.05) is 0 Å². The van der Waals surface area contributed by atoms with E-state index in [1.165, 1.54) is 38.4 Å². The molecule has 1 fully saturated rings. The first-order chi connectivity index (χ1) is 14.4. The van der Waals surface area contributed by atoms with Gasteiger partial charge in [-0.2, -0.15) is 0 Å². The molecule has 0 saturated carbocycles. The van der Waals surface area contributed by atoms with Crippen LogP contribution in [0, 0.1) is 0 Å². The summed E-state index contributed by atoms with van der Waals surface area (Å²) < 4.78 is 15.6. The first kappa shape index (κ1) is 21.6. The van der Waals surface area contributed by atoms with Crippen molar-refractivity contribution in [2.24, 2.45) is 0 Å². The van der Waals surface area contributed by atoms with Crippen molar-refractivity contribution in [1.29, 1.82) is 0 Å². The highest BCUT2D eigenvalue weighted by Gasteiger charge is 2.46. The van der Waals surface area contributed by atoms with Crippen molar-refractivity contribution in [2.75, 3.05) is 34.5 Å². The molecule has 1 aromatic carbocycles. The quantitative estimate of drug-likeness (QED) is 0.408. The van der Waals surface area contributed by atoms with E-state index >= 15 is 0 Å². The fourth-order valence-electron chi connectivity index (χ4n) is 3.38. The summed E-state index contributed by atoms with van der Waals surface area (Å²) in [5.74, 6) is -1.40. The van der Waals surface area contributed by atoms with E-state index in [9.17, 15) is 14.7 Å². The van der Waals surface area contributed by atoms with Crippen LogP contribution in [0.2, 0.25) is 5.02 Å². The molecule has 8 nitrogen and oxygen atoms in total. The SMILES string of the molecule is COCCN1C(=O)C(=O)/C(=C(/O)c2cc(OC)c(Cl)cc2OC)C1c1ccncc1. The van der Waals surface area contributed by atoms with Gasteiger partial charge < -0.3 is 24.2 Å². The van der Waals surface area contributed by atoms with Gasteiger partial charge >= 0.3 is 0 Å². The highest BCUT2D eigenvalue weighted by molar-refractivity contribution is 6.46. The Labute approximate surface area is 178 Å². The highest BCUT2D eigenvalue weighted by Crippen LogP contribution is 2.42. The van der Waals surface area contributed by atoms with Gasteiger partial charge in [0.1, 0.15) is 17.3 Å². The standard InChI is InChI=1S/C21H21ClN2O6/c1-28-9-8-24-18(12-4-6-23-7-5-12)17(20(26)21(24)27)19(25)13-10-16(30-3)14(22)11-15(13)29-2/h4-7,10-11,18,25H,8-9H2,1-3H3/b19-17+. The summed E-state index contributed by atoms with van der Waals surface area (Å²) in [6, 6.07) is 5.49. The topological polar surface area (TPSA) is 98.2 Å². The zero-order valence-corrected chi connectivity index (χ0v) is 17.5. The lowest BCUT2D eigenvalue weighted by Crippen LogP contribution is -2.32. The Kier molecular flexibility index (Phi) is 6.59. The smallest absolute Gasteiger partial charge is 0.295 e. The van der Waals surface area contributed by atoms with Gasteiger partial charge in [0.05, 0.1) is 43.0 Å². The van der Waals surface area contributed by atoms with Crippen molar-refractivity contribution in [3.63, 3.8) is 0 Å². The molecule has 0 aliphatic carbocycles. The molecular formula is C21H21ClN2O6. The van der Waals surface area contributed by atoms with Crippen LogP contribution in [-0.4, -0.2) is 61.2 Å². The van der Waals surface area contributed by atoms with E-state index in [1.54, 1.807) is 24.5 Å². The number of hydrogen-bond acceptors (Lipinski definition) is 7. The number of halogens is 1. The van der Waals surface area contributed by atoms with Gasteiger partial charge in [-0.15, -0.1) is 0 Å². The van der Waals surface area contributed by atoms with E-state index in [-0.39, 0.29) is 46.6 Å². The molecule has 0 bridgehead atoms. The lowest BCUT2D eigenvalue weighted by atomic mass is 9.95. The lowest BCUT2D eigenvalue weighted by Gasteiger charge is -2.25. The van der Waals surface area contributed by atoms with Crippen LogP contribution in [0.15, 0.2) is 42.2 Å². The van der Waals surface area contributed by atoms with Crippen LogP contribution in [0.25, 0.3) is 5.76 Å². The highest BCUT2D eigenvalue weighted by atomic mass is 35.5. The number of amides is 1. The number of ether oxygens (including phenoxy) is 3. The number of Topliss-reactive ketones (excluding diaryl/α,β-unsaturated/α-hetero) is 1. The Hall–Kier alpha value is -3.10. The number of benzene rings is 1. The number of aromatic nitrogens is 1. The van der Waals surface area contributed by atoms with Gasteiger partial charge in [0.2, 0.25) is 0 Å². The summed E-state index contributed by atoms with van der Waals surface area (Å²) in [6.07, 6.45) is 3.11. The van der Waals surface area contributed by atoms with Crippen LogP contribution in [0.5, 0.6) is 11.5 Å². The molecule has 2 aromatic rings. The van der Waals surface area contributed by atoms with E-state index in [0.717, 1.165) is 0 Å². The molecule has 1 amide bonds. The summed E-state index contributed by atoms with van der Waals surface area (Å²) in [5.41, 5.74) is 0.745. The number of aliphatic hydroxyl groups excluding tert-OH is 1. The third kappa shape index (κ3) is 3.83. The minimum Gasteiger partial charge on any atom is -0.507 e. The third-order valence-corrected chi connectivity index (χ3v) is 5.12. The van der Waals surface area contributed by atoms with Crippen LogP contribution in [-0.2, 0) is 14.3 Å². The number of pyridine rings is 1. The maximum absolute atomic E-state index is 12.9. The zero-order chi connectivity index (χ0) is 21.8. The van der Waals surface area contributed by atoms with Crippen molar-refractivity contribution in [3.05, 3.63) is 58.4 Å². The Morgan fingerprint density at radius 2 is 1.80 bits per heavy atom. The van der Waals surface area contributed by atoms with Crippen LogP contribution in [0.4, 0.5) is 0 Å². The molecule has 0 radical (unpaired) electrons. The molecule has 3 rings (SSSR count). The number of carbonyl (C=O) groups is 2. The number of ketones is 1. The van der Waals surface area contributed by atoms with Crippen molar-refractivity contribution in [2.45, 2.75) is 6.04 Å². The van der Waals surface area contributed by atoms with Gasteiger partial charge in [-0.25, -0.2) is 0 Å². The number of carbonyl (C=O) groups excluding carboxylic acids is 2. The number of rotatable bonds is 7. The number of methoxy groups -OCH3 is 3. The molecule has 1 aromatic heterocycles. The molecule has 9 heteroatoms. The maximum Gasteiger partial charge on any atom is 0.295 e. The molecule has 30 heavy (non-hydrogen) atoms. The van der Waals surface area contributed by atoms with Gasteiger partial charge in [0.15, 0.2) is 0 Å². The Morgan fingerprint density at radius 3 is 2.40 bits per heavy atom. The zero-order valence-electron chi connectivity index (χ0n) is 16.7. The van der Waals surface area contributed by atoms with Gasteiger partial charge in [-0.1, -0.05) is 11.6 Å². The Morgan fingerprint density at radius 1 is 1.13 bits per heavy atom. The average Bonchev–Trinajstić information content (AvgIpc) is 3.02. The molecule has 1 aliphatic heterocycles. The fourth-order valence-corrected chi connectivity index (χ4v) is 3.61. The van der Waals surface area contributed by atoms with E-state index in [2.05, 4.69) is 4.98 Å². The normalized spacial score (nSPS) is 18.0. The minimum absolute atomic E-state index is 0.0648. The monoisotopic (exact) mass is 432 g/mol. The van der Waals surface area contributed by atoms with E-state index < -0.39 is 17.7 Å². The summed E-state index contributed by atoms with van der Waals surface area (Å²) in [7, 11) is 4.34. The second-order valence-corrected chi connectivity index (χ2v) is 6.86. The van der Waals surface area contributed by atoms with Crippen molar-refractivity contribution >= 4 is 29.1 Å². The van der Waals surface area contributed by atoms with E-state index in [0.29, 0.717) is 5.56 Å². The molecule has 1 saturated heterocycles. The minimum atomic E-state index is -0.811. The van der Waals surface area contributed by atoms with Crippen molar-refractivity contribution in [3.8, 4) is 11.5 Å². The number of likely N-dealkylation sites (tertiary alicyclic amines) is 1. The number of hydrogen-bond donors (Lipinski definition) is 1. The predicted octanol–water partition coefficient (Wildman–Crippen LogP) is 2.82. The summed E-state index contributed by atoms with van der Waals surface area (Å²) >= 11 is 6.15. The molecule has 1 N–H and O–H groups in total. The van der Waals surface area contributed by atoms with E-state index in [4.69, 9.17) is 25.8 Å². The first-order valence-corrected chi connectivity index (χ1v) is 9.41. The van der Waals surface area contributed by atoms with Gasteiger partial charge in [0, 0.05) is 32.1 Å². The van der Waals surface area contributed by atoms with Crippen molar-refractivity contribution in [1.82, 2.24) is 9.88 Å². The number of aliphatic hydroxyl groups is 1. The molecule has 1 aliphatic rings. The Balaban J connectivity index is 2.24. The van der Waals surface area contributed by atoms with Crippen LogP contribution in [0.1, 0.15) is 17.2 Å². The second kappa shape index (κ2) is 9.15. The molecule has 0 spiro atoms. The fraction of sp³-hybridized carbons (Fsp3) is 0.286. The van der Waals surface area contributed by atoms with Crippen LogP contribution in [0.3, 0.4) is 0 Å². The maximum atomic E-state index is 12.9. The summed E-state index contributed by atoms with van der Waals surface area (Å²) in [4.78, 5) is 31.0. The Bertz CT molecular complexity index is 992. The van der Waals surface area contributed by atoms with Crippen LogP contribution >= 0.6 is 11.6 Å². The van der Waals surface area contributed by atoms with Gasteiger partial charge in [-0.05, 0) is 23.8 Å². The molecule has 158 valence electrons. The lowest BCUT2D eigenvalue weighted by molar-refractivity contribution is -0.140. The predicted molar refractivity (Wildman–Crippen MR) is 110 cm³/mol. The van der Waals surface area contributed by atoms with Crippen LogP contribution < -0.4 is 9.47 Å². The second-order valence-electron chi connectivity index (χ2n) is 6.45. The molecule has 1 atom stereocenters. The molecule has 2 heterocycles. The van der Waals surface area contributed by atoms with Gasteiger partial charge in [0.25, 0.3) is 11.7 Å². The average molecular weight is 433 g/mol. The van der Waals surface area contributed by atoms with Gasteiger partial charge in [-0.3, -0.25) is 14.6 Å². The third-order valence-electron chi connectivity index (χ3n) is 4.83. The largest absolute Gasteiger partial charge is 0.507 e. The molecular weight excluding hydrogens is 412 g/mol. The summed E-state index contributed by atoms with van der Waals surface area (Å²) in [5, 5.41) is 11.4. The summed E-state index contributed by atoms with van der Waals surface area (Å²) in [6.45, 7) is 0.401. The van der Waals surface area contributed by atoms with Crippen molar-refractivity contribution < 1.29 is 28.9 Å². The number of nitrogens with zero attached hydrogens (tertiary/aromatic N) is 2.